The third-order valence-corrected chi connectivity index (χ3v) is 3.97. The van der Waals surface area contributed by atoms with Crippen LogP contribution in [0.4, 0.5) is 5.95 Å². The van der Waals surface area contributed by atoms with Gasteiger partial charge in [-0.15, -0.1) is 5.10 Å². The van der Waals surface area contributed by atoms with Gasteiger partial charge in [-0.1, -0.05) is 5.21 Å². The second kappa shape index (κ2) is 7.41. The minimum Gasteiger partial charge on any atom is -0.467 e. The first-order valence-electron chi connectivity index (χ1n) is 8.28. The van der Waals surface area contributed by atoms with Crippen LogP contribution in [0.3, 0.4) is 0 Å². The average Bonchev–Trinajstić information content (AvgIpc) is 3.04. The zero-order valence-corrected chi connectivity index (χ0v) is 14.6. The molecule has 134 valence electrons. The molecule has 1 saturated heterocycles. The lowest BCUT2D eigenvalue weighted by atomic mass is 10.1. The zero-order chi connectivity index (χ0) is 17.8. The molecule has 2 aromatic heterocycles. The molecule has 10 nitrogen and oxygen atoms in total. The summed E-state index contributed by atoms with van der Waals surface area (Å²) >= 11 is 0. The van der Waals surface area contributed by atoms with E-state index in [2.05, 4.69) is 30.2 Å². The number of esters is 1. The molecule has 0 amide bonds. The predicted octanol–water partition coefficient (Wildman–Crippen LogP) is 0.936. The molecule has 3 heterocycles. The number of ether oxygens (including phenoxy) is 2. The SMILES string of the molecule is CCOC(=O)c1nnn(-c2nc(OC)nc(N3CCCCC3)n2)c1C. The van der Waals surface area contributed by atoms with Crippen molar-refractivity contribution in [2.45, 2.75) is 33.1 Å². The lowest BCUT2D eigenvalue weighted by molar-refractivity contribution is 0.0518. The molecule has 0 aromatic carbocycles. The molecule has 10 heteroatoms. The number of aromatic nitrogens is 6. The van der Waals surface area contributed by atoms with Gasteiger partial charge < -0.3 is 14.4 Å². The van der Waals surface area contributed by atoms with Crippen LogP contribution in [0.5, 0.6) is 6.01 Å². The van der Waals surface area contributed by atoms with Gasteiger partial charge in [0.05, 0.1) is 19.4 Å². The summed E-state index contributed by atoms with van der Waals surface area (Å²) in [6.45, 7) is 5.49. The smallest absolute Gasteiger partial charge is 0.360 e. The summed E-state index contributed by atoms with van der Waals surface area (Å²) in [5, 5.41) is 7.88. The maximum Gasteiger partial charge on any atom is 0.360 e. The van der Waals surface area contributed by atoms with Crippen LogP contribution in [0.15, 0.2) is 0 Å². The van der Waals surface area contributed by atoms with E-state index in [1.165, 1.54) is 18.2 Å². The van der Waals surface area contributed by atoms with Crippen LogP contribution < -0.4 is 9.64 Å². The fourth-order valence-corrected chi connectivity index (χ4v) is 2.66. The van der Waals surface area contributed by atoms with Gasteiger partial charge in [0.1, 0.15) is 0 Å². The van der Waals surface area contributed by atoms with Crippen molar-refractivity contribution in [1.82, 2.24) is 29.9 Å². The van der Waals surface area contributed by atoms with E-state index in [4.69, 9.17) is 9.47 Å². The van der Waals surface area contributed by atoms with Crippen molar-refractivity contribution in [1.29, 1.82) is 0 Å². The van der Waals surface area contributed by atoms with Gasteiger partial charge in [-0.3, -0.25) is 0 Å². The number of hydrogen-bond donors (Lipinski definition) is 0. The van der Waals surface area contributed by atoms with Gasteiger partial charge in [0.25, 0.3) is 5.95 Å². The Balaban J connectivity index is 1.98. The lowest BCUT2D eigenvalue weighted by Crippen LogP contribution is -2.31. The van der Waals surface area contributed by atoms with Crippen LogP contribution >= 0.6 is 0 Å². The molecule has 0 saturated carbocycles. The van der Waals surface area contributed by atoms with Crippen LogP contribution in [0.25, 0.3) is 5.95 Å². The summed E-state index contributed by atoms with van der Waals surface area (Å²) in [7, 11) is 1.50. The van der Waals surface area contributed by atoms with Gasteiger partial charge in [-0.25, -0.2) is 4.79 Å². The third kappa shape index (κ3) is 3.52. The number of hydrogen-bond acceptors (Lipinski definition) is 9. The van der Waals surface area contributed by atoms with Crippen molar-refractivity contribution >= 4 is 11.9 Å². The Morgan fingerprint density at radius 2 is 1.84 bits per heavy atom. The number of nitrogens with zero attached hydrogens (tertiary/aromatic N) is 7. The van der Waals surface area contributed by atoms with Crippen molar-refractivity contribution in [3.8, 4) is 12.0 Å². The van der Waals surface area contributed by atoms with Gasteiger partial charge in [-0.2, -0.15) is 19.6 Å². The summed E-state index contributed by atoms with van der Waals surface area (Å²) in [5.74, 6) is 0.269. The molecule has 0 unspecified atom stereocenters. The van der Waals surface area contributed by atoms with E-state index in [1.54, 1.807) is 13.8 Å². The molecule has 2 aromatic rings. The maximum atomic E-state index is 11.9. The van der Waals surface area contributed by atoms with E-state index in [0.29, 0.717) is 11.6 Å². The molecule has 0 atom stereocenters. The maximum absolute atomic E-state index is 11.9. The van der Waals surface area contributed by atoms with E-state index >= 15 is 0 Å². The molecule has 3 rings (SSSR count). The highest BCUT2D eigenvalue weighted by Gasteiger charge is 2.22. The fourth-order valence-electron chi connectivity index (χ4n) is 2.66. The van der Waals surface area contributed by atoms with E-state index < -0.39 is 5.97 Å². The molecule has 0 radical (unpaired) electrons. The van der Waals surface area contributed by atoms with Crippen LogP contribution in [0.2, 0.25) is 0 Å². The monoisotopic (exact) mass is 347 g/mol. The van der Waals surface area contributed by atoms with E-state index in [0.717, 1.165) is 25.9 Å². The predicted molar refractivity (Wildman–Crippen MR) is 88.1 cm³/mol. The highest BCUT2D eigenvalue weighted by Crippen LogP contribution is 2.19. The highest BCUT2D eigenvalue weighted by molar-refractivity contribution is 5.88. The number of piperidine rings is 1. The Bertz CT molecular complexity index is 756. The quantitative estimate of drug-likeness (QED) is 0.730. The van der Waals surface area contributed by atoms with Gasteiger partial charge >= 0.3 is 12.0 Å². The molecule has 1 aliphatic rings. The molecule has 25 heavy (non-hydrogen) atoms. The molecular weight excluding hydrogens is 326 g/mol. The molecule has 1 fully saturated rings. The largest absolute Gasteiger partial charge is 0.467 e. The number of carbonyl (C=O) groups excluding carboxylic acids is 1. The van der Waals surface area contributed by atoms with Crippen molar-refractivity contribution < 1.29 is 14.3 Å². The molecule has 0 aliphatic carbocycles. The van der Waals surface area contributed by atoms with Crippen molar-refractivity contribution in [3.63, 3.8) is 0 Å². The Morgan fingerprint density at radius 1 is 1.12 bits per heavy atom. The average molecular weight is 347 g/mol. The minimum atomic E-state index is -0.525. The van der Waals surface area contributed by atoms with Crippen molar-refractivity contribution in [2.24, 2.45) is 0 Å². The fraction of sp³-hybridized carbons (Fsp3) is 0.600. The van der Waals surface area contributed by atoms with Crippen molar-refractivity contribution in [3.05, 3.63) is 11.4 Å². The summed E-state index contributed by atoms with van der Waals surface area (Å²) in [5.41, 5.74) is 0.636. The second-order valence-electron chi connectivity index (χ2n) is 5.63. The van der Waals surface area contributed by atoms with Crippen LogP contribution in [-0.4, -0.2) is 62.7 Å². The first kappa shape index (κ1) is 17.1. The molecule has 0 N–H and O–H groups in total. The number of methoxy groups -OCH3 is 1. The molecule has 0 spiro atoms. The van der Waals surface area contributed by atoms with Crippen LogP contribution in [0.1, 0.15) is 42.4 Å². The lowest BCUT2D eigenvalue weighted by Gasteiger charge is -2.26. The first-order chi connectivity index (χ1) is 12.1. The Morgan fingerprint density at radius 3 is 2.52 bits per heavy atom. The number of anilines is 1. The summed E-state index contributed by atoms with van der Waals surface area (Å²) in [4.78, 5) is 27.1. The summed E-state index contributed by atoms with van der Waals surface area (Å²) < 4.78 is 11.6. The molecule has 1 aliphatic heterocycles. The first-order valence-corrected chi connectivity index (χ1v) is 8.28. The van der Waals surface area contributed by atoms with Gasteiger partial charge in [0.15, 0.2) is 5.69 Å². The van der Waals surface area contributed by atoms with E-state index in [1.807, 2.05) is 0 Å². The van der Waals surface area contributed by atoms with Crippen LogP contribution in [0, 0.1) is 6.92 Å². The summed E-state index contributed by atoms with van der Waals surface area (Å²) in [6.07, 6.45) is 3.40. The molecule has 0 bridgehead atoms. The Hall–Kier alpha value is -2.78. The zero-order valence-electron chi connectivity index (χ0n) is 14.6. The Labute approximate surface area is 145 Å². The topological polar surface area (TPSA) is 108 Å². The highest BCUT2D eigenvalue weighted by atomic mass is 16.5. The standard InChI is InChI=1S/C15H21N7O3/c1-4-25-12(23)11-10(2)22(20-19-11)14-16-13(17-15(18-14)24-3)21-8-6-5-7-9-21/h4-9H2,1-3H3. The van der Waals surface area contributed by atoms with Gasteiger partial charge in [0.2, 0.25) is 5.95 Å². The number of rotatable bonds is 5. The van der Waals surface area contributed by atoms with Gasteiger partial charge in [-0.05, 0) is 33.1 Å². The molecular formula is C15H21N7O3. The van der Waals surface area contributed by atoms with E-state index in [9.17, 15) is 4.79 Å². The third-order valence-electron chi connectivity index (χ3n) is 3.97. The van der Waals surface area contributed by atoms with Gasteiger partial charge in [0, 0.05) is 13.1 Å². The second-order valence-corrected chi connectivity index (χ2v) is 5.63. The normalized spacial score (nSPS) is 14.4. The van der Waals surface area contributed by atoms with E-state index in [-0.39, 0.29) is 24.3 Å². The minimum absolute atomic E-state index is 0.140. The van der Waals surface area contributed by atoms with Crippen LogP contribution in [-0.2, 0) is 4.74 Å². The number of carbonyl (C=O) groups is 1. The van der Waals surface area contributed by atoms with Crippen molar-refractivity contribution in [2.75, 3.05) is 31.7 Å². The summed E-state index contributed by atoms with van der Waals surface area (Å²) in [6, 6.07) is 0.193. The Kier molecular flexibility index (Phi) is 5.05.